The second-order valence-corrected chi connectivity index (χ2v) is 6.65. The van der Waals surface area contributed by atoms with E-state index in [0.29, 0.717) is 31.0 Å². The molecule has 1 fully saturated rings. The number of aromatic nitrogens is 1. The molecule has 0 spiro atoms. The molecule has 0 atom stereocenters. The summed E-state index contributed by atoms with van der Waals surface area (Å²) < 4.78 is 10.5. The summed E-state index contributed by atoms with van der Waals surface area (Å²) in [5.74, 6) is 0.163. The van der Waals surface area contributed by atoms with Crippen LogP contribution in [0.1, 0.15) is 33.6 Å². The number of amides is 2. The number of carbonyl (C=O) groups excluding carboxylic acids is 2. The molecule has 1 saturated carbocycles. The number of hydrogen-bond donors (Lipinski definition) is 2. The van der Waals surface area contributed by atoms with E-state index in [-0.39, 0.29) is 5.91 Å². The van der Waals surface area contributed by atoms with Crippen LogP contribution in [0.3, 0.4) is 0 Å². The van der Waals surface area contributed by atoms with Gasteiger partial charge < -0.3 is 20.1 Å². The minimum Gasteiger partial charge on any atom is -0.473 e. The Morgan fingerprint density at radius 3 is 2.58 bits per heavy atom. The minimum absolute atomic E-state index is 0.282. The van der Waals surface area contributed by atoms with Gasteiger partial charge in [-0.2, -0.15) is 0 Å². The lowest BCUT2D eigenvalue weighted by Crippen LogP contribution is -2.47. The van der Waals surface area contributed by atoms with Gasteiger partial charge in [0, 0.05) is 6.07 Å². The molecule has 0 aromatic carbocycles. The molecule has 1 aromatic heterocycles. The van der Waals surface area contributed by atoms with Crippen LogP contribution in [0.2, 0.25) is 0 Å². The molecule has 0 radical (unpaired) electrons. The summed E-state index contributed by atoms with van der Waals surface area (Å²) in [7, 11) is 0. The molecule has 2 amide bonds. The predicted octanol–water partition coefficient (Wildman–Crippen LogP) is 2.64. The Labute approximate surface area is 141 Å². The zero-order valence-corrected chi connectivity index (χ0v) is 14.2. The molecule has 24 heavy (non-hydrogen) atoms. The molecule has 7 heteroatoms. The summed E-state index contributed by atoms with van der Waals surface area (Å²) in [6, 6.07) is 3.34. The van der Waals surface area contributed by atoms with Gasteiger partial charge in [-0.3, -0.25) is 4.79 Å². The molecule has 1 aliphatic carbocycles. The van der Waals surface area contributed by atoms with E-state index in [9.17, 15) is 9.59 Å². The third-order valence-corrected chi connectivity index (χ3v) is 3.27. The van der Waals surface area contributed by atoms with Crippen molar-refractivity contribution in [2.45, 2.75) is 44.8 Å². The standard InChI is InChI=1S/C17H23N3O4/c1-5-10-23-13-7-6-12(11-18-13)19-14(21)17(8-9-17)20-15(22)24-16(2,3)4/h5-7,11H,1,8-10H2,2-4H3,(H,19,21)(H,20,22). The number of alkyl carbamates (subject to hydrolysis) is 1. The number of nitrogens with zero attached hydrogens (tertiary/aromatic N) is 1. The average molecular weight is 333 g/mol. The molecule has 1 aliphatic rings. The maximum Gasteiger partial charge on any atom is 0.408 e. The molecule has 0 bridgehead atoms. The third-order valence-electron chi connectivity index (χ3n) is 3.27. The molecule has 0 unspecified atom stereocenters. The SMILES string of the molecule is C=CCOc1ccc(NC(=O)C2(NC(=O)OC(C)(C)C)CC2)cn1. The largest absolute Gasteiger partial charge is 0.473 e. The number of nitrogens with one attached hydrogen (secondary N) is 2. The summed E-state index contributed by atoms with van der Waals surface area (Å²) in [6.07, 6.45) is 3.68. The smallest absolute Gasteiger partial charge is 0.408 e. The highest BCUT2D eigenvalue weighted by atomic mass is 16.6. The summed E-state index contributed by atoms with van der Waals surface area (Å²) in [4.78, 5) is 28.4. The van der Waals surface area contributed by atoms with Crippen molar-refractivity contribution in [2.75, 3.05) is 11.9 Å². The zero-order valence-electron chi connectivity index (χ0n) is 14.2. The van der Waals surface area contributed by atoms with E-state index in [0.717, 1.165) is 0 Å². The molecular formula is C17H23N3O4. The van der Waals surface area contributed by atoms with Crippen LogP contribution in [0.5, 0.6) is 5.88 Å². The Bertz CT molecular complexity index is 616. The number of hydrogen-bond acceptors (Lipinski definition) is 5. The van der Waals surface area contributed by atoms with E-state index in [2.05, 4.69) is 22.2 Å². The Morgan fingerprint density at radius 2 is 2.08 bits per heavy atom. The molecule has 7 nitrogen and oxygen atoms in total. The molecule has 1 heterocycles. The van der Waals surface area contributed by atoms with Crippen LogP contribution < -0.4 is 15.4 Å². The van der Waals surface area contributed by atoms with Crippen molar-refractivity contribution in [3.05, 3.63) is 31.0 Å². The Kier molecular flexibility index (Phi) is 5.11. The van der Waals surface area contributed by atoms with Crippen molar-refractivity contribution in [1.82, 2.24) is 10.3 Å². The normalized spacial score (nSPS) is 15.1. The van der Waals surface area contributed by atoms with E-state index in [1.54, 1.807) is 39.0 Å². The second kappa shape index (κ2) is 6.90. The maximum absolute atomic E-state index is 12.4. The average Bonchev–Trinajstić information content (AvgIpc) is 3.25. The molecule has 0 aliphatic heterocycles. The lowest BCUT2D eigenvalue weighted by atomic mass is 10.2. The first-order valence-corrected chi connectivity index (χ1v) is 7.76. The Balaban J connectivity index is 1.91. The van der Waals surface area contributed by atoms with Crippen LogP contribution in [0, 0.1) is 0 Å². The fourth-order valence-electron chi connectivity index (χ4n) is 1.97. The quantitative estimate of drug-likeness (QED) is 0.781. The monoisotopic (exact) mass is 333 g/mol. The molecule has 2 N–H and O–H groups in total. The van der Waals surface area contributed by atoms with Gasteiger partial charge in [0.2, 0.25) is 11.8 Å². The van der Waals surface area contributed by atoms with Gasteiger partial charge in [0.25, 0.3) is 0 Å². The first-order chi connectivity index (χ1) is 11.2. The highest BCUT2D eigenvalue weighted by Gasteiger charge is 2.52. The van der Waals surface area contributed by atoms with Gasteiger partial charge in [0.15, 0.2) is 0 Å². The summed E-state index contributed by atoms with van der Waals surface area (Å²) in [6.45, 7) is 9.24. The van der Waals surface area contributed by atoms with Gasteiger partial charge in [-0.1, -0.05) is 12.7 Å². The van der Waals surface area contributed by atoms with Gasteiger partial charge in [0.05, 0.1) is 11.9 Å². The van der Waals surface area contributed by atoms with Crippen LogP contribution in [-0.4, -0.2) is 34.7 Å². The van der Waals surface area contributed by atoms with E-state index in [1.807, 2.05) is 0 Å². The van der Waals surface area contributed by atoms with Crippen LogP contribution in [-0.2, 0) is 9.53 Å². The number of anilines is 1. The molecule has 2 rings (SSSR count). The Morgan fingerprint density at radius 1 is 1.38 bits per heavy atom. The minimum atomic E-state index is -0.902. The highest BCUT2D eigenvalue weighted by molar-refractivity contribution is 6.02. The molecule has 0 saturated heterocycles. The first-order valence-electron chi connectivity index (χ1n) is 7.76. The number of ether oxygens (including phenoxy) is 2. The summed E-state index contributed by atoms with van der Waals surface area (Å²) >= 11 is 0. The van der Waals surface area contributed by atoms with Crippen molar-refractivity contribution in [3.8, 4) is 5.88 Å². The van der Waals surface area contributed by atoms with Crippen molar-refractivity contribution >= 4 is 17.7 Å². The second-order valence-electron chi connectivity index (χ2n) is 6.65. The van der Waals surface area contributed by atoms with Gasteiger partial charge in [-0.25, -0.2) is 9.78 Å². The van der Waals surface area contributed by atoms with E-state index >= 15 is 0 Å². The maximum atomic E-state index is 12.4. The van der Waals surface area contributed by atoms with E-state index in [4.69, 9.17) is 9.47 Å². The fourth-order valence-corrected chi connectivity index (χ4v) is 1.97. The highest BCUT2D eigenvalue weighted by Crippen LogP contribution is 2.37. The van der Waals surface area contributed by atoms with Crippen LogP contribution in [0.4, 0.5) is 10.5 Å². The van der Waals surface area contributed by atoms with Gasteiger partial charge >= 0.3 is 6.09 Å². The molecule has 1 aromatic rings. The van der Waals surface area contributed by atoms with Crippen LogP contribution in [0.25, 0.3) is 0 Å². The Hall–Kier alpha value is -2.57. The predicted molar refractivity (Wildman–Crippen MR) is 89.9 cm³/mol. The topological polar surface area (TPSA) is 89.6 Å². The van der Waals surface area contributed by atoms with E-state index < -0.39 is 17.2 Å². The first kappa shape index (κ1) is 17.8. The zero-order chi connectivity index (χ0) is 17.8. The van der Waals surface area contributed by atoms with Crippen LogP contribution in [0.15, 0.2) is 31.0 Å². The lowest BCUT2D eigenvalue weighted by molar-refractivity contribution is -0.119. The van der Waals surface area contributed by atoms with Gasteiger partial charge in [-0.05, 0) is 39.7 Å². The number of pyridine rings is 1. The van der Waals surface area contributed by atoms with Crippen molar-refractivity contribution in [3.63, 3.8) is 0 Å². The third kappa shape index (κ3) is 4.97. The van der Waals surface area contributed by atoms with Crippen molar-refractivity contribution < 1.29 is 19.1 Å². The lowest BCUT2D eigenvalue weighted by Gasteiger charge is -2.23. The fraction of sp³-hybridized carbons (Fsp3) is 0.471. The molecule has 130 valence electrons. The molecular weight excluding hydrogens is 310 g/mol. The summed E-state index contributed by atoms with van der Waals surface area (Å²) in [5, 5.41) is 5.40. The van der Waals surface area contributed by atoms with Gasteiger partial charge in [0.1, 0.15) is 17.7 Å². The van der Waals surface area contributed by atoms with E-state index in [1.165, 1.54) is 6.20 Å². The summed E-state index contributed by atoms with van der Waals surface area (Å²) in [5.41, 5.74) is -0.981. The number of rotatable bonds is 6. The van der Waals surface area contributed by atoms with Gasteiger partial charge in [-0.15, -0.1) is 0 Å². The van der Waals surface area contributed by atoms with Crippen molar-refractivity contribution in [1.29, 1.82) is 0 Å². The number of carbonyl (C=O) groups is 2. The van der Waals surface area contributed by atoms with Crippen molar-refractivity contribution in [2.24, 2.45) is 0 Å². The van der Waals surface area contributed by atoms with Crippen LogP contribution >= 0.6 is 0 Å².